The van der Waals surface area contributed by atoms with Crippen molar-refractivity contribution >= 4 is 5.96 Å². The summed E-state index contributed by atoms with van der Waals surface area (Å²) < 4.78 is 13.2. The lowest BCUT2D eigenvalue weighted by molar-refractivity contribution is 0.0177. The molecule has 3 rings (SSSR count). The van der Waals surface area contributed by atoms with Gasteiger partial charge < -0.3 is 20.1 Å². The normalized spacial score (nSPS) is 21.2. The van der Waals surface area contributed by atoms with E-state index in [0.29, 0.717) is 24.7 Å². The zero-order chi connectivity index (χ0) is 20.5. The summed E-state index contributed by atoms with van der Waals surface area (Å²) in [5.74, 6) is 3.41. The van der Waals surface area contributed by atoms with Crippen LogP contribution in [-0.4, -0.2) is 59.7 Å². The number of aryl methyl sites for hydroxylation is 1. The Morgan fingerprint density at radius 2 is 2.10 bits per heavy atom. The molecule has 29 heavy (non-hydrogen) atoms. The van der Waals surface area contributed by atoms with E-state index in [0.717, 1.165) is 63.1 Å². The third kappa shape index (κ3) is 6.40. The zero-order valence-electron chi connectivity index (χ0n) is 18.3. The summed E-state index contributed by atoms with van der Waals surface area (Å²) >= 11 is 0. The van der Waals surface area contributed by atoms with Gasteiger partial charge in [0.2, 0.25) is 0 Å². The highest BCUT2D eigenvalue weighted by atomic mass is 16.5. The van der Waals surface area contributed by atoms with Crippen LogP contribution in [-0.2, 0) is 29.0 Å². The van der Waals surface area contributed by atoms with Crippen molar-refractivity contribution in [2.45, 2.75) is 84.1 Å². The van der Waals surface area contributed by atoms with Gasteiger partial charge in [0.15, 0.2) is 11.8 Å². The molecular formula is C21H38N6O2. The molecule has 1 aliphatic carbocycles. The average Bonchev–Trinajstić information content (AvgIpc) is 3.37. The van der Waals surface area contributed by atoms with Gasteiger partial charge >= 0.3 is 0 Å². The van der Waals surface area contributed by atoms with E-state index in [1.165, 1.54) is 25.7 Å². The Hall–Kier alpha value is -1.67. The number of rotatable bonds is 10. The van der Waals surface area contributed by atoms with Crippen molar-refractivity contribution < 1.29 is 9.47 Å². The van der Waals surface area contributed by atoms with E-state index in [1.807, 2.05) is 4.68 Å². The van der Waals surface area contributed by atoms with E-state index in [-0.39, 0.29) is 0 Å². The van der Waals surface area contributed by atoms with Crippen LogP contribution in [0.2, 0.25) is 0 Å². The first-order valence-corrected chi connectivity index (χ1v) is 11.3. The molecule has 2 unspecified atom stereocenters. The number of fused-ring (bicyclic) bond motifs is 1. The third-order valence-corrected chi connectivity index (χ3v) is 5.85. The van der Waals surface area contributed by atoms with E-state index >= 15 is 0 Å². The summed E-state index contributed by atoms with van der Waals surface area (Å²) in [6, 6.07) is 0.301. The molecule has 1 saturated carbocycles. The number of ether oxygens (including phenoxy) is 2. The highest BCUT2D eigenvalue weighted by Gasteiger charge is 2.25. The minimum absolute atomic E-state index is 0.301. The van der Waals surface area contributed by atoms with Crippen molar-refractivity contribution in [3.05, 3.63) is 11.6 Å². The summed E-state index contributed by atoms with van der Waals surface area (Å²) in [6.45, 7) is 7.89. The topological polar surface area (TPSA) is 85.6 Å². The first-order chi connectivity index (χ1) is 14.2. The van der Waals surface area contributed by atoms with Gasteiger partial charge in [0, 0.05) is 39.3 Å². The molecule has 0 aromatic carbocycles. The first kappa shape index (κ1) is 22.0. The van der Waals surface area contributed by atoms with Crippen molar-refractivity contribution in [3.8, 4) is 0 Å². The van der Waals surface area contributed by atoms with Crippen LogP contribution in [0.3, 0.4) is 0 Å². The van der Waals surface area contributed by atoms with Gasteiger partial charge in [-0.15, -0.1) is 0 Å². The lowest BCUT2D eigenvalue weighted by Gasteiger charge is -2.26. The Morgan fingerprint density at radius 1 is 1.28 bits per heavy atom. The quantitative estimate of drug-likeness (QED) is 0.458. The number of nitrogens with zero attached hydrogens (tertiary/aromatic N) is 4. The molecule has 0 saturated heterocycles. The predicted molar refractivity (Wildman–Crippen MR) is 114 cm³/mol. The highest BCUT2D eigenvalue weighted by molar-refractivity contribution is 5.80. The largest absolute Gasteiger partial charge is 0.378 e. The van der Waals surface area contributed by atoms with Crippen LogP contribution in [0.4, 0.5) is 0 Å². The second-order valence-corrected chi connectivity index (χ2v) is 8.03. The van der Waals surface area contributed by atoms with Crippen molar-refractivity contribution in [1.82, 2.24) is 25.4 Å². The molecule has 8 heteroatoms. The maximum Gasteiger partial charge on any atom is 0.191 e. The van der Waals surface area contributed by atoms with Gasteiger partial charge in [-0.3, -0.25) is 4.99 Å². The zero-order valence-corrected chi connectivity index (χ0v) is 18.3. The molecule has 1 aromatic rings. The number of aliphatic imine (C=N–C) groups is 1. The highest BCUT2D eigenvalue weighted by Crippen LogP contribution is 2.30. The Morgan fingerprint density at radius 3 is 2.83 bits per heavy atom. The van der Waals surface area contributed by atoms with Gasteiger partial charge in [-0.05, 0) is 45.4 Å². The van der Waals surface area contributed by atoms with Crippen LogP contribution in [0.1, 0.15) is 64.0 Å². The number of methoxy groups -OCH3 is 1. The van der Waals surface area contributed by atoms with E-state index in [9.17, 15) is 0 Å². The molecule has 1 aromatic heterocycles. The van der Waals surface area contributed by atoms with Crippen LogP contribution in [0, 0.1) is 5.92 Å². The Labute approximate surface area is 174 Å². The maximum absolute atomic E-state index is 6.04. The van der Waals surface area contributed by atoms with E-state index < -0.39 is 0 Å². The minimum Gasteiger partial charge on any atom is -0.378 e. The molecule has 2 aliphatic rings. The molecule has 0 radical (unpaired) electrons. The molecule has 2 heterocycles. The first-order valence-electron chi connectivity index (χ1n) is 11.3. The monoisotopic (exact) mass is 406 g/mol. The second-order valence-electron chi connectivity index (χ2n) is 8.03. The van der Waals surface area contributed by atoms with Gasteiger partial charge in [-0.25, -0.2) is 9.67 Å². The predicted octanol–water partition coefficient (Wildman–Crippen LogP) is 2.28. The minimum atomic E-state index is 0.301. The molecule has 0 amide bonds. The number of guanidine groups is 1. The summed E-state index contributed by atoms with van der Waals surface area (Å²) in [4.78, 5) is 9.39. The Balaban J connectivity index is 1.53. The molecular weight excluding hydrogens is 368 g/mol. The molecule has 2 N–H and O–H groups in total. The van der Waals surface area contributed by atoms with E-state index in [1.54, 1.807) is 7.11 Å². The lowest BCUT2D eigenvalue weighted by atomic mass is 9.98. The molecule has 1 aliphatic heterocycles. The molecule has 164 valence electrons. The number of hydrogen-bond acceptors (Lipinski definition) is 5. The van der Waals surface area contributed by atoms with Crippen LogP contribution in [0.15, 0.2) is 4.99 Å². The summed E-state index contributed by atoms with van der Waals surface area (Å²) in [5, 5.41) is 11.5. The van der Waals surface area contributed by atoms with Crippen LogP contribution in [0.25, 0.3) is 0 Å². The molecule has 0 bridgehead atoms. The molecule has 8 nitrogen and oxygen atoms in total. The van der Waals surface area contributed by atoms with E-state index in [4.69, 9.17) is 14.5 Å². The van der Waals surface area contributed by atoms with Crippen molar-refractivity contribution in [1.29, 1.82) is 0 Å². The third-order valence-electron chi connectivity index (χ3n) is 5.85. The number of aromatic nitrogens is 3. The summed E-state index contributed by atoms with van der Waals surface area (Å²) in [5.41, 5.74) is 0. The van der Waals surface area contributed by atoms with E-state index in [2.05, 4.69) is 34.6 Å². The van der Waals surface area contributed by atoms with Crippen LogP contribution >= 0.6 is 0 Å². The molecule has 0 spiro atoms. The lowest BCUT2D eigenvalue weighted by Crippen LogP contribution is -2.47. The number of nitrogens with one attached hydrogen (secondary N) is 2. The second kappa shape index (κ2) is 11.5. The Kier molecular flexibility index (Phi) is 8.73. The fraction of sp³-hybridized carbons (Fsp3) is 0.857. The van der Waals surface area contributed by atoms with Crippen molar-refractivity contribution in [3.63, 3.8) is 0 Å². The molecule has 1 fully saturated rings. The average molecular weight is 407 g/mol. The molecule has 2 atom stereocenters. The van der Waals surface area contributed by atoms with Gasteiger partial charge in [0.1, 0.15) is 12.4 Å². The fourth-order valence-electron chi connectivity index (χ4n) is 4.48. The maximum atomic E-state index is 6.04. The summed E-state index contributed by atoms with van der Waals surface area (Å²) in [6.07, 6.45) is 8.59. The van der Waals surface area contributed by atoms with Crippen LogP contribution in [0.5, 0.6) is 0 Å². The van der Waals surface area contributed by atoms with Gasteiger partial charge in [0.05, 0.1) is 12.6 Å². The van der Waals surface area contributed by atoms with Gasteiger partial charge in [-0.2, -0.15) is 5.10 Å². The van der Waals surface area contributed by atoms with Crippen molar-refractivity contribution in [2.75, 3.05) is 26.8 Å². The van der Waals surface area contributed by atoms with Gasteiger partial charge in [-0.1, -0.05) is 12.8 Å². The summed E-state index contributed by atoms with van der Waals surface area (Å²) in [7, 11) is 1.67. The smallest absolute Gasteiger partial charge is 0.191 e. The van der Waals surface area contributed by atoms with Gasteiger partial charge in [0.25, 0.3) is 0 Å². The standard InChI is InChI=1S/C21H38N6O2/c1-4-22-21(23-13-12-18(29-5-2)16-8-6-7-9-16)24-17-10-11-20-25-19(15-28-3)26-27(20)14-17/h16-18H,4-15H2,1-3H3,(H2,22,23,24). The number of hydrogen-bond donors (Lipinski definition) is 2. The fourth-order valence-corrected chi connectivity index (χ4v) is 4.48. The Bertz CT molecular complexity index is 641. The SMILES string of the molecule is CCNC(=NCCC(OCC)C1CCCC1)NC1CCc2nc(COC)nn2C1. The van der Waals surface area contributed by atoms with Crippen molar-refractivity contribution in [2.24, 2.45) is 10.9 Å². The van der Waals surface area contributed by atoms with Crippen LogP contribution < -0.4 is 10.6 Å².